The minimum atomic E-state index is -0.00406. The van der Waals surface area contributed by atoms with E-state index in [2.05, 4.69) is 22.6 Å². The first-order valence-electron chi connectivity index (χ1n) is 7.94. The largest absolute Gasteiger partial charge is 0.288 e. The lowest BCUT2D eigenvalue weighted by Crippen LogP contribution is -2.57. The van der Waals surface area contributed by atoms with Crippen LogP contribution in [0.5, 0.6) is 0 Å². The first-order chi connectivity index (χ1) is 9.23. The van der Waals surface area contributed by atoms with E-state index in [0.717, 1.165) is 56.5 Å². The number of hydrogen-bond donors (Lipinski definition) is 1. The Morgan fingerprint density at radius 1 is 1.05 bits per heavy atom. The van der Waals surface area contributed by atoms with Crippen molar-refractivity contribution >= 4 is 5.91 Å². The molecule has 3 nitrogen and oxygen atoms in total. The van der Waals surface area contributed by atoms with Crippen molar-refractivity contribution < 1.29 is 4.79 Å². The van der Waals surface area contributed by atoms with Gasteiger partial charge in [-0.3, -0.25) is 10.2 Å². The van der Waals surface area contributed by atoms with Crippen LogP contribution in [0.25, 0.3) is 0 Å². The highest BCUT2D eigenvalue weighted by atomic mass is 16.2. The Balaban J connectivity index is 1.48. The lowest BCUT2D eigenvalue weighted by Gasteiger charge is -2.55. The van der Waals surface area contributed by atoms with Gasteiger partial charge >= 0.3 is 0 Å². The fourth-order valence-electron chi connectivity index (χ4n) is 5.39. The number of hydrazine groups is 1. The Hall–Kier alpha value is -0.830. The Labute approximate surface area is 115 Å². The van der Waals surface area contributed by atoms with Crippen molar-refractivity contribution in [2.45, 2.75) is 44.9 Å². The third-order valence-electron chi connectivity index (χ3n) is 5.84. The molecule has 0 aromatic heterocycles. The molecule has 3 heteroatoms. The van der Waals surface area contributed by atoms with Gasteiger partial charge < -0.3 is 0 Å². The summed E-state index contributed by atoms with van der Waals surface area (Å²) in [7, 11) is 0. The average Bonchev–Trinajstić information content (AvgIpc) is 2.38. The van der Waals surface area contributed by atoms with Crippen LogP contribution in [0.2, 0.25) is 0 Å². The lowest BCUT2D eigenvalue weighted by atomic mass is 9.49. The minimum Gasteiger partial charge on any atom is -0.288 e. The van der Waals surface area contributed by atoms with E-state index in [9.17, 15) is 4.79 Å². The molecule has 4 bridgehead atoms. The molecule has 4 fully saturated rings. The smallest absolute Gasteiger partial charge is 0.240 e. The minimum absolute atomic E-state index is 0.00406. The van der Waals surface area contributed by atoms with Crippen LogP contribution >= 0.6 is 0 Å². The van der Waals surface area contributed by atoms with Crippen LogP contribution in [0.15, 0.2) is 12.2 Å². The fraction of sp³-hybridized carbons (Fsp3) is 0.812. The van der Waals surface area contributed by atoms with Crippen molar-refractivity contribution in [2.75, 3.05) is 13.1 Å². The summed E-state index contributed by atoms with van der Waals surface area (Å²) in [5.41, 5.74) is 3.21. The first kappa shape index (κ1) is 12.0. The van der Waals surface area contributed by atoms with Crippen LogP contribution in [-0.4, -0.2) is 24.0 Å². The molecule has 5 rings (SSSR count). The molecule has 1 amide bonds. The Morgan fingerprint density at radius 3 is 2.21 bits per heavy atom. The van der Waals surface area contributed by atoms with E-state index in [4.69, 9.17) is 0 Å². The molecule has 0 atom stereocenters. The van der Waals surface area contributed by atoms with Gasteiger partial charge in [-0.2, -0.15) is 0 Å². The summed E-state index contributed by atoms with van der Waals surface area (Å²) in [6.07, 6.45) is 13.1. The molecule has 4 saturated carbocycles. The van der Waals surface area contributed by atoms with Gasteiger partial charge in [0.2, 0.25) is 5.91 Å². The second-order valence-corrected chi connectivity index (χ2v) is 7.34. The molecule has 0 spiro atoms. The van der Waals surface area contributed by atoms with Gasteiger partial charge in [0.25, 0.3) is 0 Å². The van der Waals surface area contributed by atoms with Crippen molar-refractivity contribution in [3.63, 3.8) is 0 Å². The van der Waals surface area contributed by atoms with E-state index in [0.29, 0.717) is 5.91 Å². The molecule has 1 N–H and O–H groups in total. The average molecular weight is 260 g/mol. The summed E-state index contributed by atoms with van der Waals surface area (Å²) < 4.78 is 0. The zero-order valence-electron chi connectivity index (χ0n) is 11.6. The van der Waals surface area contributed by atoms with Crippen molar-refractivity contribution in [1.29, 1.82) is 0 Å². The molecule has 104 valence electrons. The fourth-order valence-corrected chi connectivity index (χ4v) is 5.39. The molecular weight excluding hydrogens is 236 g/mol. The highest BCUT2D eigenvalue weighted by Crippen LogP contribution is 2.60. The number of nitrogens with one attached hydrogen (secondary N) is 1. The number of carbonyl (C=O) groups is 1. The lowest BCUT2D eigenvalue weighted by molar-refractivity contribution is -0.151. The van der Waals surface area contributed by atoms with Crippen LogP contribution in [0.4, 0.5) is 0 Å². The number of nitrogens with zero attached hydrogens (tertiary/aromatic N) is 1. The van der Waals surface area contributed by atoms with E-state index in [1.54, 1.807) is 0 Å². The van der Waals surface area contributed by atoms with Crippen molar-refractivity contribution in [3.8, 4) is 0 Å². The molecule has 0 aromatic carbocycles. The molecule has 1 aliphatic heterocycles. The maximum Gasteiger partial charge on any atom is 0.240 e. The normalized spacial score (nSPS) is 44.5. The number of rotatable bonds is 2. The number of hydrogen-bond acceptors (Lipinski definition) is 2. The highest BCUT2D eigenvalue weighted by molar-refractivity contribution is 5.82. The molecular formula is C16H24N2O. The Morgan fingerprint density at radius 2 is 1.68 bits per heavy atom. The molecule has 5 aliphatic rings. The van der Waals surface area contributed by atoms with E-state index < -0.39 is 0 Å². The van der Waals surface area contributed by atoms with Crippen molar-refractivity contribution in [3.05, 3.63) is 12.2 Å². The third kappa shape index (κ3) is 2.03. The topological polar surface area (TPSA) is 32.3 Å². The molecule has 0 radical (unpaired) electrons. The van der Waals surface area contributed by atoms with E-state index in [1.807, 2.05) is 0 Å². The Bertz CT molecular complexity index is 380. The van der Waals surface area contributed by atoms with Crippen LogP contribution < -0.4 is 5.43 Å². The van der Waals surface area contributed by atoms with Crippen LogP contribution in [0.1, 0.15) is 44.9 Å². The zero-order valence-corrected chi connectivity index (χ0v) is 11.6. The zero-order chi connectivity index (χ0) is 12.9. The summed E-state index contributed by atoms with van der Waals surface area (Å²) in [5.74, 6) is 2.87. The molecule has 19 heavy (non-hydrogen) atoms. The molecule has 4 aliphatic carbocycles. The molecule has 0 aromatic rings. The second-order valence-electron chi connectivity index (χ2n) is 7.34. The van der Waals surface area contributed by atoms with Gasteiger partial charge in [-0.1, -0.05) is 12.2 Å². The molecule has 0 unspecified atom stereocenters. The van der Waals surface area contributed by atoms with Gasteiger partial charge in [0.05, 0.1) is 5.41 Å². The quantitative estimate of drug-likeness (QED) is 0.774. The van der Waals surface area contributed by atoms with Gasteiger partial charge in [0.1, 0.15) is 0 Å². The summed E-state index contributed by atoms with van der Waals surface area (Å²) in [4.78, 5) is 12.8. The van der Waals surface area contributed by atoms with Gasteiger partial charge in [-0.25, -0.2) is 5.01 Å². The van der Waals surface area contributed by atoms with Crippen molar-refractivity contribution in [1.82, 2.24) is 10.4 Å². The monoisotopic (exact) mass is 260 g/mol. The van der Waals surface area contributed by atoms with Crippen LogP contribution in [-0.2, 0) is 4.79 Å². The highest BCUT2D eigenvalue weighted by Gasteiger charge is 2.54. The van der Waals surface area contributed by atoms with E-state index in [-0.39, 0.29) is 5.41 Å². The predicted molar refractivity (Wildman–Crippen MR) is 74.1 cm³/mol. The van der Waals surface area contributed by atoms with E-state index in [1.165, 1.54) is 19.3 Å². The number of amides is 1. The maximum absolute atomic E-state index is 12.8. The van der Waals surface area contributed by atoms with E-state index >= 15 is 0 Å². The first-order valence-corrected chi connectivity index (χ1v) is 7.94. The van der Waals surface area contributed by atoms with Crippen LogP contribution in [0.3, 0.4) is 0 Å². The van der Waals surface area contributed by atoms with Crippen molar-refractivity contribution in [2.24, 2.45) is 23.2 Å². The van der Waals surface area contributed by atoms with Gasteiger partial charge in [-0.05, 0) is 62.7 Å². The number of carbonyl (C=O) groups excluding carboxylic acids is 1. The predicted octanol–water partition coefficient (Wildman–Crippen LogP) is 2.50. The van der Waals surface area contributed by atoms with Gasteiger partial charge in [-0.15, -0.1) is 0 Å². The molecule has 1 heterocycles. The van der Waals surface area contributed by atoms with Gasteiger partial charge in [0.15, 0.2) is 0 Å². The summed E-state index contributed by atoms with van der Waals surface area (Å²) >= 11 is 0. The summed E-state index contributed by atoms with van der Waals surface area (Å²) in [5, 5.41) is 2.10. The van der Waals surface area contributed by atoms with Crippen LogP contribution in [0, 0.1) is 23.2 Å². The standard InChI is InChI=1S/C16H24N2O/c19-15(17-18-4-2-1-3-5-18)16-9-12-6-13(10-16)8-14(7-12)11-16/h1-2,12-14H,3-11H2,(H,17,19). The van der Waals surface area contributed by atoms with Gasteiger partial charge in [0, 0.05) is 13.1 Å². The third-order valence-corrected chi connectivity index (χ3v) is 5.84. The maximum atomic E-state index is 12.8. The Kier molecular flexibility index (Phi) is 2.73. The molecule has 0 saturated heterocycles. The summed E-state index contributed by atoms with van der Waals surface area (Å²) in [6, 6.07) is 0. The SMILES string of the molecule is O=C(NN1CC=CCC1)C12CC3CC(CC(C3)C1)C2. The summed E-state index contributed by atoms with van der Waals surface area (Å²) in [6.45, 7) is 1.84. The second kappa shape index (κ2) is 4.34.